The van der Waals surface area contributed by atoms with Gasteiger partial charge in [0.15, 0.2) is 0 Å². The van der Waals surface area contributed by atoms with Crippen LogP contribution in [0.3, 0.4) is 0 Å². The zero-order chi connectivity index (χ0) is 27.5. The Morgan fingerprint density at radius 3 is 2.69 bits per heavy atom. The number of anilines is 1. The quantitative estimate of drug-likeness (QED) is 0.324. The second-order valence-corrected chi connectivity index (χ2v) is 10.6. The van der Waals surface area contributed by atoms with E-state index in [-0.39, 0.29) is 34.0 Å². The Hall–Kier alpha value is -4.16. The molecule has 2 heterocycles. The standard InChI is InChI=1S/C30H29FN4O4/c1-5-20-22(31)10-7-17-13-19(36)14-21(23(17)20)26-16(2)25-24(28(37)39-26)27(34-29(33-25)38-4)32-15-30(11-6-12-30)35(3)18-8-9-18/h1,7,10,13-14,18,36H,6,8-9,11-12,15H2,2-4H3,(H,32,33,34). The lowest BCUT2D eigenvalue weighted by atomic mass is 9.75. The number of nitrogens with one attached hydrogen (secondary N) is 1. The van der Waals surface area contributed by atoms with Crippen molar-refractivity contribution in [2.45, 2.75) is 50.6 Å². The third-order valence-corrected chi connectivity index (χ3v) is 8.32. The van der Waals surface area contributed by atoms with Crippen molar-refractivity contribution in [3.63, 3.8) is 0 Å². The second kappa shape index (κ2) is 9.24. The number of aromatic nitrogens is 2. The SMILES string of the molecule is C#Cc1c(F)ccc2cc(O)cc(-c3oc(=O)c4c(NCC5(N(C)C6CC6)CCC5)nc(OC)nc4c3C)c12. The highest BCUT2D eigenvalue weighted by atomic mass is 19.1. The lowest BCUT2D eigenvalue weighted by Gasteiger charge is -2.49. The number of fused-ring (bicyclic) bond motifs is 2. The Kier molecular flexibility index (Phi) is 5.96. The molecular formula is C30H29FN4O4. The van der Waals surface area contributed by atoms with Crippen LogP contribution in [0.1, 0.15) is 43.2 Å². The molecule has 2 saturated carbocycles. The van der Waals surface area contributed by atoms with Gasteiger partial charge in [0, 0.05) is 34.6 Å². The van der Waals surface area contributed by atoms with E-state index in [0.717, 1.165) is 19.3 Å². The van der Waals surface area contributed by atoms with Crippen molar-refractivity contribution in [2.75, 3.05) is 26.0 Å². The fourth-order valence-corrected chi connectivity index (χ4v) is 5.79. The number of nitrogens with zero attached hydrogens (tertiary/aromatic N) is 3. The van der Waals surface area contributed by atoms with Crippen LogP contribution in [-0.4, -0.2) is 52.3 Å². The first kappa shape index (κ1) is 25.1. The summed E-state index contributed by atoms with van der Waals surface area (Å²) in [4.78, 5) is 25.0. The van der Waals surface area contributed by atoms with Gasteiger partial charge in [-0.3, -0.25) is 4.90 Å². The summed E-state index contributed by atoms with van der Waals surface area (Å²) in [5.41, 5.74) is 0.490. The van der Waals surface area contributed by atoms with Crippen molar-refractivity contribution < 1.29 is 18.7 Å². The van der Waals surface area contributed by atoms with E-state index in [9.17, 15) is 14.3 Å². The maximum atomic E-state index is 14.7. The van der Waals surface area contributed by atoms with E-state index >= 15 is 0 Å². The number of aryl methyl sites for hydroxylation is 1. The second-order valence-electron chi connectivity index (χ2n) is 10.6. The third-order valence-electron chi connectivity index (χ3n) is 8.32. The molecular weight excluding hydrogens is 499 g/mol. The normalized spacial score (nSPS) is 16.3. The van der Waals surface area contributed by atoms with Crippen molar-refractivity contribution in [2.24, 2.45) is 0 Å². The number of hydrogen-bond acceptors (Lipinski definition) is 8. The van der Waals surface area contributed by atoms with Crippen LogP contribution >= 0.6 is 0 Å². The monoisotopic (exact) mass is 528 g/mol. The van der Waals surface area contributed by atoms with Crippen LogP contribution in [0.25, 0.3) is 33.0 Å². The van der Waals surface area contributed by atoms with E-state index in [2.05, 4.69) is 33.2 Å². The van der Waals surface area contributed by atoms with Gasteiger partial charge in [-0.1, -0.05) is 12.0 Å². The van der Waals surface area contributed by atoms with Gasteiger partial charge in [-0.2, -0.15) is 9.97 Å². The van der Waals surface area contributed by atoms with Gasteiger partial charge in [-0.15, -0.1) is 6.42 Å². The van der Waals surface area contributed by atoms with E-state index in [1.54, 1.807) is 6.92 Å². The molecule has 0 spiro atoms. The number of halogens is 1. The number of rotatable bonds is 7. The molecule has 6 rings (SSSR count). The van der Waals surface area contributed by atoms with Gasteiger partial charge in [0.1, 0.15) is 28.5 Å². The summed E-state index contributed by atoms with van der Waals surface area (Å²) < 4.78 is 25.9. The number of phenols is 1. The van der Waals surface area contributed by atoms with Crippen LogP contribution in [0.2, 0.25) is 0 Å². The zero-order valence-corrected chi connectivity index (χ0v) is 22.1. The van der Waals surface area contributed by atoms with Crippen molar-refractivity contribution in [1.82, 2.24) is 14.9 Å². The Balaban J connectivity index is 1.52. The van der Waals surface area contributed by atoms with Crippen LogP contribution in [0.4, 0.5) is 10.2 Å². The molecule has 200 valence electrons. The minimum Gasteiger partial charge on any atom is -0.508 e. The highest BCUT2D eigenvalue weighted by Crippen LogP contribution is 2.43. The molecule has 2 aliphatic carbocycles. The van der Waals surface area contributed by atoms with Crippen LogP contribution in [0, 0.1) is 25.1 Å². The molecule has 2 aromatic carbocycles. The zero-order valence-electron chi connectivity index (χ0n) is 22.1. The number of methoxy groups -OCH3 is 1. The number of aromatic hydroxyl groups is 1. The van der Waals surface area contributed by atoms with Crippen LogP contribution in [-0.2, 0) is 0 Å². The van der Waals surface area contributed by atoms with Gasteiger partial charge in [0.25, 0.3) is 0 Å². The smallest absolute Gasteiger partial charge is 0.349 e. The molecule has 2 aliphatic rings. The average molecular weight is 529 g/mol. The lowest BCUT2D eigenvalue weighted by molar-refractivity contribution is 0.0434. The van der Waals surface area contributed by atoms with Crippen molar-refractivity contribution in [3.8, 4) is 35.4 Å². The minimum absolute atomic E-state index is 0.0109. The topological polar surface area (TPSA) is 101 Å². The Bertz CT molecular complexity index is 1730. The summed E-state index contributed by atoms with van der Waals surface area (Å²) in [7, 11) is 3.64. The molecule has 0 saturated heterocycles. The highest BCUT2D eigenvalue weighted by molar-refractivity contribution is 6.03. The molecule has 0 amide bonds. The number of terminal acetylenes is 1. The number of likely N-dealkylation sites (N-methyl/N-ethyl adjacent to an activating group) is 1. The van der Waals surface area contributed by atoms with Crippen molar-refractivity contribution in [3.05, 3.63) is 51.6 Å². The fourth-order valence-electron chi connectivity index (χ4n) is 5.79. The molecule has 0 aliphatic heterocycles. The Morgan fingerprint density at radius 2 is 2.05 bits per heavy atom. The van der Waals surface area contributed by atoms with Gasteiger partial charge < -0.3 is 19.6 Å². The maximum Gasteiger partial charge on any atom is 0.349 e. The maximum absolute atomic E-state index is 14.7. The summed E-state index contributed by atoms with van der Waals surface area (Å²) in [6.07, 6.45) is 11.4. The molecule has 8 nitrogen and oxygen atoms in total. The molecule has 0 bridgehead atoms. The van der Waals surface area contributed by atoms with Crippen LogP contribution in [0.15, 0.2) is 33.5 Å². The first-order valence-electron chi connectivity index (χ1n) is 13.0. The van der Waals surface area contributed by atoms with Crippen molar-refractivity contribution in [1.29, 1.82) is 0 Å². The van der Waals surface area contributed by atoms with Crippen molar-refractivity contribution >= 4 is 27.5 Å². The molecule has 2 aromatic heterocycles. The summed E-state index contributed by atoms with van der Waals surface area (Å²) in [6, 6.07) is 6.36. The fraction of sp³-hybridized carbons (Fsp3) is 0.367. The summed E-state index contributed by atoms with van der Waals surface area (Å²) >= 11 is 0. The van der Waals surface area contributed by atoms with Gasteiger partial charge >= 0.3 is 11.6 Å². The lowest BCUT2D eigenvalue weighted by Crippen LogP contribution is -2.57. The van der Waals surface area contributed by atoms with E-state index < -0.39 is 11.4 Å². The van der Waals surface area contributed by atoms with Crippen LogP contribution < -0.4 is 15.7 Å². The summed E-state index contributed by atoms with van der Waals surface area (Å²) in [5.74, 6) is 2.19. The Labute approximate surface area is 224 Å². The Morgan fingerprint density at radius 1 is 1.28 bits per heavy atom. The van der Waals surface area contributed by atoms with Gasteiger partial charge in [-0.05, 0) is 69.7 Å². The number of ether oxygens (including phenoxy) is 1. The summed E-state index contributed by atoms with van der Waals surface area (Å²) in [5, 5.41) is 14.9. The highest BCUT2D eigenvalue weighted by Gasteiger charge is 2.46. The van der Waals surface area contributed by atoms with E-state index in [1.165, 1.54) is 44.2 Å². The van der Waals surface area contributed by atoms with E-state index in [1.807, 2.05) is 0 Å². The predicted octanol–water partition coefficient (Wildman–Crippen LogP) is 4.98. The van der Waals surface area contributed by atoms with Gasteiger partial charge in [0.2, 0.25) is 0 Å². The molecule has 2 fully saturated rings. The predicted molar refractivity (Wildman–Crippen MR) is 148 cm³/mol. The molecule has 0 radical (unpaired) electrons. The molecule has 4 aromatic rings. The van der Waals surface area contributed by atoms with E-state index in [4.69, 9.17) is 15.6 Å². The minimum atomic E-state index is -0.663. The van der Waals surface area contributed by atoms with Crippen LogP contribution in [0.5, 0.6) is 11.8 Å². The largest absolute Gasteiger partial charge is 0.508 e. The molecule has 39 heavy (non-hydrogen) atoms. The summed E-state index contributed by atoms with van der Waals surface area (Å²) in [6.45, 7) is 2.37. The van der Waals surface area contributed by atoms with Gasteiger partial charge in [0.05, 0.1) is 18.2 Å². The molecule has 0 unspecified atom stereocenters. The first-order chi connectivity index (χ1) is 18.8. The molecule has 9 heteroatoms. The number of phenolic OH excluding ortho intramolecular Hbond substituents is 1. The first-order valence-corrected chi connectivity index (χ1v) is 13.0. The number of benzene rings is 2. The number of hydrogen-bond donors (Lipinski definition) is 2. The molecule has 2 N–H and O–H groups in total. The average Bonchev–Trinajstić information content (AvgIpc) is 3.75. The van der Waals surface area contributed by atoms with E-state index in [0.29, 0.717) is 45.8 Å². The van der Waals surface area contributed by atoms with Gasteiger partial charge in [-0.25, -0.2) is 9.18 Å². The molecule has 0 atom stereocenters. The third kappa shape index (κ3) is 4.07.